The summed E-state index contributed by atoms with van der Waals surface area (Å²) in [5.74, 6) is 0. The number of fused-ring (bicyclic) bond motifs is 2. The monoisotopic (exact) mass is 326 g/mol. The predicted molar refractivity (Wildman–Crippen MR) is 89.1 cm³/mol. The van der Waals surface area contributed by atoms with Crippen molar-refractivity contribution in [3.05, 3.63) is 51.9 Å². The van der Waals surface area contributed by atoms with Crippen molar-refractivity contribution < 1.29 is 0 Å². The Bertz CT molecular complexity index is 1030. The fourth-order valence-electron chi connectivity index (χ4n) is 2.39. The van der Waals surface area contributed by atoms with Gasteiger partial charge >= 0.3 is 0 Å². The first-order valence-electron chi connectivity index (χ1n) is 7.30. The van der Waals surface area contributed by atoms with E-state index in [0.717, 1.165) is 17.2 Å². The van der Waals surface area contributed by atoms with Crippen LogP contribution in [0.2, 0.25) is 0 Å². The Hall–Kier alpha value is -2.58. The Morgan fingerprint density at radius 1 is 1.26 bits per heavy atom. The van der Waals surface area contributed by atoms with Gasteiger partial charge in [-0.25, -0.2) is 4.68 Å². The molecule has 0 radical (unpaired) electrons. The van der Waals surface area contributed by atoms with Crippen LogP contribution in [0.1, 0.15) is 11.9 Å². The molecule has 0 atom stereocenters. The predicted octanol–water partition coefficient (Wildman–Crippen LogP) is 1.60. The zero-order valence-corrected chi connectivity index (χ0v) is 13.2. The summed E-state index contributed by atoms with van der Waals surface area (Å²) in [7, 11) is 0. The van der Waals surface area contributed by atoms with Gasteiger partial charge in [0.2, 0.25) is 4.96 Å². The maximum absolute atomic E-state index is 12.6. The molecule has 0 bridgehead atoms. The summed E-state index contributed by atoms with van der Waals surface area (Å²) < 4.78 is 3.04. The third kappa shape index (κ3) is 2.32. The maximum Gasteiger partial charge on any atom is 0.286 e. The highest BCUT2D eigenvalue weighted by Crippen LogP contribution is 2.17. The Balaban J connectivity index is 1.93. The fraction of sp³-hybridized carbons (Fsp3) is 0.200. The van der Waals surface area contributed by atoms with Crippen LogP contribution >= 0.6 is 11.3 Å². The highest BCUT2D eigenvalue weighted by molar-refractivity contribution is 7.16. The number of hydrogen-bond donors (Lipinski definition) is 1. The number of nitrogens with zero attached hydrogens (tertiary/aromatic N) is 5. The van der Waals surface area contributed by atoms with Crippen molar-refractivity contribution in [1.29, 1.82) is 0 Å². The molecule has 0 unspecified atom stereocenters. The van der Waals surface area contributed by atoms with Gasteiger partial charge in [-0.2, -0.15) is 19.7 Å². The van der Waals surface area contributed by atoms with E-state index >= 15 is 0 Å². The molecule has 0 aliphatic carbocycles. The van der Waals surface area contributed by atoms with Gasteiger partial charge < -0.3 is 5.32 Å². The van der Waals surface area contributed by atoms with Crippen LogP contribution in [0, 0.1) is 0 Å². The van der Waals surface area contributed by atoms with Gasteiger partial charge in [-0.1, -0.05) is 36.5 Å². The first-order chi connectivity index (χ1) is 11.3. The lowest BCUT2D eigenvalue weighted by Gasteiger charge is -2.01. The number of benzene rings is 1. The average molecular weight is 326 g/mol. The molecule has 116 valence electrons. The van der Waals surface area contributed by atoms with Crippen molar-refractivity contribution in [2.75, 3.05) is 6.54 Å². The summed E-state index contributed by atoms with van der Waals surface area (Å²) in [4.78, 5) is 17.8. The molecule has 0 aliphatic rings. The summed E-state index contributed by atoms with van der Waals surface area (Å²) in [6.07, 6.45) is 1.55. The van der Waals surface area contributed by atoms with E-state index in [1.807, 2.05) is 37.3 Å². The van der Waals surface area contributed by atoms with Crippen LogP contribution in [0.25, 0.3) is 21.7 Å². The van der Waals surface area contributed by atoms with Crippen molar-refractivity contribution in [2.45, 2.75) is 13.5 Å². The van der Waals surface area contributed by atoms with Crippen molar-refractivity contribution >= 4 is 27.3 Å². The van der Waals surface area contributed by atoms with Crippen LogP contribution in [-0.4, -0.2) is 30.9 Å². The van der Waals surface area contributed by atoms with Crippen molar-refractivity contribution in [1.82, 2.24) is 29.7 Å². The van der Waals surface area contributed by atoms with E-state index < -0.39 is 0 Å². The quantitative estimate of drug-likeness (QED) is 0.616. The second kappa shape index (κ2) is 5.56. The Morgan fingerprint density at radius 3 is 2.87 bits per heavy atom. The van der Waals surface area contributed by atoms with E-state index in [4.69, 9.17) is 0 Å². The van der Waals surface area contributed by atoms with Crippen LogP contribution in [0.15, 0.2) is 41.3 Å². The maximum atomic E-state index is 12.6. The Morgan fingerprint density at radius 2 is 2.09 bits per heavy atom. The molecule has 3 aromatic heterocycles. The van der Waals surface area contributed by atoms with E-state index in [9.17, 15) is 4.79 Å². The summed E-state index contributed by atoms with van der Waals surface area (Å²) in [5.41, 5.74) is 1.24. The molecule has 8 heteroatoms. The molecule has 3 heterocycles. The summed E-state index contributed by atoms with van der Waals surface area (Å²) >= 11 is 1.41. The molecule has 0 saturated heterocycles. The molecule has 4 aromatic rings. The zero-order chi connectivity index (χ0) is 15.8. The highest BCUT2D eigenvalue weighted by Gasteiger charge is 2.15. The Labute approximate surface area is 135 Å². The van der Waals surface area contributed by atoms with Crippen LogP contribution in [0.3, 0.4) is 0 Å². The largest absolute Gasteiger partial charge is 0.311 e. The lowest BCUT2D eigenvalue weighted by Crippen LogP contribution is -2.16. The Kier molecular flexibility index (Phi) is 3.40. The minimum atomic E-state index is -0.189. The van der Waals surface area contributed by atoms with Crippen molar-refractivity contribution in [2.24, 2.45) is 0 Å². The van der Waals surface area contributed by atoms with Gasteiger partial charge in [0.1, 0.15) is 10.4 Å². The third-order valence-corrected chi connectivity index (χ3v) is 4.41. The van der Waals surface area contributed by atoms with Crippen molar-refractivity contribution in [3.8, 4) is 5.69 Å². The number of nitrogens with one attached hydrogen (secondary N) is 1. The van der Waals surface area contributed by atoms with E-state index in [-0.39, 0.29) is 5.56 Å². The molecule has 0 fully saturated rings. The van der Waals surface area contributed by atoms with Crippen LogP contribution < -0.4 is 10.9 Å². The smallest absolute Gasteiger partial charge is 0.286 e. The molecular formula is C15H14N6OS. The second-order valence-electron chi connectivity index (χ2n) is 5.02. The minimum Gasteiger partial charge on any atom is -0.311 e. The van der Waals surface area contributed by atoms with Crippen LogP contribution in [-0.2, 0) is 6.54 Å². The number of para-hydroxylation sites is 1. The average Bonchev–Trinajstić information content (AvgIpc) is 3.18. The molecule has 23 heavy (non-hydrogen) atoms. The number of aromatic nitrogens is 5. The molecule has 0 amide bonds. The third-order valence-electron chi connectivity index (χ3n) is 3.50. The molecule has 1 aromatic carbocycles. The van der Waals surface area contributed by atoms with Gasteiger partial charge in [-0.05, 0) is 18.7 Å². The lowest BCUT2D eigenvalue weighted by molar-refractivity contribution is 0.706. The van der Waals surface area contributed by atoms with Crippen LogP contribution in [0.5, 0.6) is 0 Å². The summed E-state index contributed by atoms with van der Waals surface area (Å²) in [6.45, 7) is 3.51. The van der Waals surface area contributed by atoms with Gasteiger partial charge in [0, 0.05) is 6.54 Å². The van der Waals surface area contributed by atoms with E-state index in [0.29, 0.717) is 22.5 Å². The minimum absolute atomic E-state index is 0.189. The zero-order valence-electron chi connectivity index (χ0n) is 12.4. The van der Waals surface area contributed by atoms with Gasteiger partial charge in [-0.15, -0.1) is 0 Å². The molecule has 0 aliphatic heterocycles. The molecule has 0 spiro atoms. The SMILES string of the molecule is CCNCc1nn2c(=O)c3cnn(-c4ccccc4)c3nc2s1. The second-order valence-corrected chi connectivity index (χ2v) is 6.06. The molecule has 7 nitrogen and oxygen atoms in total. The van der Waals surface area contributed by atoms with Gasteiger partial charge in [0.15, 0.2) is 5.65 Å². The first-order valence-corrected chi connectivity index (χ1v) is 8.12. The van der Waals surface area contributed by atoms with Crippen molar-refractivity contribution in [3.63, 3.8) is 0 Å². The summed E-state index contributed by atoms with van der Waals surface area (Å²) in [5, 5.41) is 13.2. The standard InChI is InChI=1S/C15H14N6OS/c1-2-16-9-12-19-21-14(22)11-8-17-20(10-6-4-3-5-7-10)13(11)18-15(21)23-12/h3-8,16H,2,9H2,1H3. The van der Waals surface area contributed by atoms with E-state index in [2.05, 4.69) is 20.5 Å². The van der Waals surface area contributed by atoms with Gasteiger partial charge in [0.05, 0.1) is 11.9 Å². The number of hydrogen-bond acceptors (Lipinski definition) is 6. The van der Waals surface area contributed by atoms with Crippen LogP contribution in [0.4, 0.5) is 0 Å². The first kappa shape index (κ1) is 14.0. The fourth-order valence-corrected chi connectivity index (χ4v) is 3.24. The van der Waals surface area contributed by atoms with E-state index in [1.165, 1.54) is 15.9 Å². The van der Waals surface area contributed by atoms with Gasteiger partial charge in [-0.3, -0.25) is 4.79 Å². The molecule has 4 rings (SSSR count). The normalized spacial score (nSPS) is 11.5. The highest BCUT2D eigenvalue weighted by atomic mass is 32.1. The lowest BCUT2D eigenvalue weighted by atomic mass is 10.3. The van der Waals surface area contributed by atoms with Gasteiger partial charge in [0.25, 0.3) is 5.56 Å². The topological polar surface area (TPSA) is 77.1 Å². The molecule has 0 saturated carbocycles. The number of rotatable bonds is 4. The summed E-state index contributed by atoms with van der Waals surface area (Å²) in [6, 6.07) is 9.65. The molecule has 1 N–H and O–H groups in total. The van der Waals surface area contributed by atoms with E-state index in [1.54, 1.807) is 10.9 Å². The molecular weight excluding hydrogens is 312 g/mol.